The van der Waals surface area contributed by atoms with Gasteiger partial charge in [-0.25, -0.2) is 4.98 Å². The fourth-order valence-electron chi connectivity index (χ4n) is 4.02. The molecule has 1 aliphatic carbocycles. The number of nitrogens with zero attached hydrogens (tertiary/aromatic N) is 2. The van der Waals surface area contributed by atoms with Gasteiger partial charge >= 0.3 is 0 Å². The highest BCUT2D eigenvalue weighted by atomic mass is 16.5. The van der Waals surface area contributed by atoms with Gasteiger partial charge in [0.2, 0.25) is 0 Å². The van der Waals surface area contributed by atoms with E-state index in [0.29, 0.717) is 19.2 Å². The van der Waals surface area contributed by atoms with E-state index in [4.69, 9.17) is 9.72 Å². The molecule has 25 heavy (non-hydrogen) atoms. The van der Waals surface area contributed by atoms with Crippen molar-refractivity contribution in [2.24, 2.45) is 0 Å². The number of aliphatic hydroxyl groups excluding tert-OH is 1. The van der Waals surface area contributed by atoms with Crippen LogP contribution in [0.25, 0.3) is 0 Å². The number of imidazole rings is 1. The number of aliphatic hydroxyl groups is 1. The molecule has 2 aliphatic rings. The fraction of sp³-hybridized carbons (Fsp3) is 0.550. The molecule has 134 valence electrons. The number of nitrogens with one attached hydrogen (secondary N) is 1. The van der Waals surface area contributed by atoms with Crippen molar-refractivity contribution in [3.8, 4) is 5.75 Å². The Morgan fingerprint density at radius 1 is 1.20 bits per heavy atom. The Bertz CT molecular complexity index is 662. The molecule has 0 radical (unpaired) electrons. The number of likely N-dealkylation sites (tertiary alicyclic amines) is 1. The number of rotatable bonds is 6. The molecule has 0 spiro atoms. The van der Waals surface area contributed by atoms with Crippen LogP contribution in [0.15, 0.2) is 30.3 Å². The van der Waals surface area contributed by atoms with Crippen molar-refractivity contribution in [3.05, 3.63) is 47.5 Å². The number of aromatic amines is 1. The summed E-state index contributed by atoms with van der Waals surface area (Å²) in [7, 11) is 0. The topological polar surface area (TPSA) is 61.4 Å². The number of aromatic nitrogens is 2. The maximum atomic E-state index is 10.4. The van der Waals surface area contributed by atoms with Gasteiger partial charge in [-0.3, -0.25) is 4.90 Å². The second kappa shape index (κ2) is 7.58. The molecule has 1 aliphatic heterocycles. The molecule has 5 heteroatoms. The minimum absolute atomic E-state index is 0.303. The second-order valence-corrected chi connectivity index (χ2v) is 7.19. The highest BCUT2D eigenvalue weighted by Gasteiger charge is 2.31. The molecular formula is C20H27N3O2. The number of aryl methyl sites for hydroxylation is 2. The Morgan fingerprint density at radius 2 is 2.04 bits per heavy atom. The summed E-state index contributed by atoms with van der Waals surface area (Å²) in [5.74, 6) is 1.90. The zero-order valence-electron chi connectivity index (χ0n) is 14.7. The summed E-state index contributed by atoms with van der Waals surface area (Å²) >= 11 is 0. The minimum atomic E-state index is -0.495. The summed E-state index contributed by atoms with van der Waals surface area (Å²) in [5.41, 5.74) is 2.60. The number of hydrogen-bond acceptors (Lipinski definition) is 4. The van der Waals surface area contributed by atoms with E-state index in [2.05, 4.69) is 9.88 Å². The normalized spacial score (nSPS) is 21.9. The van der Waals surface area contributed by atoms with E-state index in [1.807, 2.05) is 30.3 Å². The third kappa shape index (κ3) is 3.88. The first-order chi connectivity index (χ1) is 12.3. The van der Waals surface area contributed by atoms with Crippen molar-refractivity contribution < 1.29 is 9.84 Å². The molecule has 1 fully saturated rings. The summed E-state index contributed by atoms with van der Waals surface area (Å²) in [6.45, 7) is 1.96. The number of para-hydroxylation sites is 1. The SMILES string of the molecule is O[C@@H](COc1ccccc1)CN1CCC[C@@H]1c1nc2c([nH]1)CCCC2. The predicted octanol–water partition coefficient (Wildman–Crippen LogP) is 2.87. The zero-order chi connectivity index (χ0) is 17.1. The molecule has 4 rings (SSSR count). The van der Waals surface area contributed by atoms with Crippen LogP contribution in [0.1, 0.15) is 48.9 Å². The van der Waals surface area contributed by atoms with Crippen LogP contribution in [0.4, 0.5) is 0 Å². The molecule has 0 unspecified atom stereocenters. The lowest BCUT2D eigenvalue weighted by atomic mass is 10.0. The number of β-amino-alcohol motifs (C(OH)–C–C–N with tert-alkyl or cyclic N) is 1. The molecule has 2 atom stereocenters. The van der Waals surface area contributed by atoms with Gasteiger partial charge < -0.3 is 14.8 Å². The molecule has 0 bridgehead atoms. The second-order valence-electron chi connectivity index (χ2n) is 7.19. The quantitative estimate of drug-likeness (QED) is 0.848. The van der Waals surface area contributed by atoms with Crippen molar-refractivity contribution in [1.29, 1.82) is 0 Å². The molecule has 1 aromatic heterocycles. The van der Waals surface area contributed by atoms with Gasteiger partial charge in [-0.2, -0.15) is 0 Å². The average Bonchev–Trinajstić information content (AvgIpc) is 3.27. The first kappa shape index (κ1) is 16.6. The molecule has 5 nitrogen and oxygen atoms in total. The summed E-state index contributed by atoms with van der Waals surface area (Å²) in [6, 6.07) is 9.98. The van der Waals surface area contributed by atoms with Gasteiger partial charge in [0.05, 0.1) is 11.7 Å². The van der Waals surface area contributed by atoms with Crippen LogP contribution in [-0.2, 0) is 12.8 Å². The molecule has 0 amide bonds. The molecular weight excluding hydrogens is 314 g/mol. The van der Waals surface area contributed by atoms with Crippen molar-refractivity contribution in [1.82, 2.24) is 14.9 Å². The van der Waals surface area contributed by atoms with E-state index < -0.39 is 6.10 Å². The summed E-state index contributed by atoms with van der Waals surface area (Å²) in [5, 5.41) is 10.4. The maximum absolute atomic E-state index is 10.4. The number of hydrogen-bond donors (Lipinski definition) is 2. The van der Waals surface area contributed by atoms with Crippen LogP contribution in [0.5, 0.6) is 5.75 Å². The van der Waals surface area contributed by atoms with Gasteiger partial charge in [-0.05, 0) is 57.2 Å². The van der Waals surface area contributed by atoms with Crippen LogP contribution in [0.3, 0.4) is 0 Å². The van der Waals surface area contributed by atoms with E-state index >= 15 is 0 Å². The van der Waals surface area contributed by atoms with Crippen LogP contribution < -0.4 is 4.74 Å². The molecule has 0 saturated carbocycles. The molecule has 1 saturated heterocycles. The summed E-state index contributed by atoms with van der Waals surface area (Å²) < 4.78 is 5.69. The lowest BCUT2D eigenvalue weighted by Crippen LogP contribution is -2.35. The minimum Gasteiger partial charge on any atom is -0.491 e. The van der Waals surface area contributed by atoms with Gasteiger partial charge in [0, 0.05) is 12.2 Å². The van der Waals surface area contributed by atoms with E-state index in [-0.39, 0.29) is 0 Å². The summed E-state index contributed by atoms with van der Waals surface area (Å²) in [6.07, 6.45) is 6.51. The highest BCUT2D eigenvalue weighted by Crippen LogP contribution is 2.32. The fourth-order valence-corrected chi connectivity index (χ4v) is 4.02. The van der Waals surface area contributed by atoms with Crippen LogP contribution in [-0.4, -0.2) is 45.8 Å². The third-order valence-corrected chi connectivity index (χ3v) is 5.28. The van der Waals surface area contributed by atoms with Crippen LogP contribution >= 0.6 is 0 Å². The molecule has 2 N–H and O–H groups in total. The van der Waals surface area contributed by atoms with Gasteiger partial charge in [-0.15, -0.1) is 0 Å². The van der Waals surface area contributed by atoms with E-state index in [0.717, 1.165) is 43.8 Å². The van der Waals surface area contributed by atoms with Crippen molar-refractivity contribution >= 4 is 0 Å². The van der Waals surface area contributed by atoms with Gasteiger partial charge in [0.15, 0.2) is 0 Å². The van der Waals surface area contributed by atoms with E-state index in [1.165, 1.54) is 24.2 Å². The van der Waals surface area contributed by atoms with E-state index in [9.17, 15) is 5.11 Å². The monoisotopic (exact) mass is 341 g/mol. The van der Waals surface area contributed by atoms with Gasteiger partial charge in [-0.1, -0.05) is 18.2 Å². The third-order valence-electron chi connectivity index (χ3n) is 5.28. The standard InChI is InChI=1S/C20H27N3O2/c24-15(14-25-16-7-2-1-3-8-16)13-23-12-6-11-19(23)20-21-17-9-4-5-10-18(17)22-20/h1-3,7-8,15,19,24H,4-6,9-14H2,(H,21,22)/t15-,19-/m1/s1. The number of ether oxygens (including phenoxy) is 1. The van der Waals surface area contributed by atoms with Gasteiger partial charge in [0.1, 0.15) is 24.3 Å². The number of H-pyrrole nitrogens is 1. The Labute approximate surface area is 149 Å². The molecule has 1 aromatic carbocycles. The van der Waals surface area contributed by atoms with Crippen molar-refractivity contribution in [2.45, 2.75) is 50.7 Å². The molecule has 2 aromatic rings. The first-order valence-corrected chi connectivity index (χ1v) is 9.47. The maximum Gasteiger partial charge on any atom is 0.124 e. The van der Waals surface area contributed by atoms with Crippen LogP contribution in [0, 0.1) is 0 Å². The van der Waals surface area contributed by atoms with Crippen LogP contribution in [0.2, 0.25) is 0 Å². The Kier molecular flexibility index (Phi) is 5.04. The largest absolute Gasteiger partial charge is 0.491 e. The number of benzene rings is 1. The number of fused-ring (bicyclic) bond motifs is 1. The van der Waals surface area contributed by atoms with Crippen molar-refractivity contribution in [2.75, 3.05) is 19.7 Å². The van der Waals surface area contributed by atoms with Crippen molar-refractivity contribution in [3.63, 3.8) is 0 Å². The average molecular weight is 341 g/mol. The Balaban J connectivity index is 1.35. The smallest absolute Gasteiger partial charge is 0.124 e. The first-order valence-electron chi connectivity index (χ1n) is 9.47. The Morgan fingerprint density at radius 3 is 2.88 bits per heavy atom. The zero-order valence-corrected chi connectivity index (χ0v) is 14.7. The van der Waals surface area contributed by atoms with Gasteiger partial charge in [0.25, 0.3) is 0 Å². The summed E-state index contributed by atoms with van der Waals surface area (Å²) in [4.78, 5) is 10.8. The van der Waals surface area contributed by atoms with E-state index in [1.54, 1.807) is 0 Å². The predicted molar refractivity (Wildman–Crippen MR) is 96.7 cm³/mol. The lowest BCUT2D eigenvalue weighted by Gasteiger charge is -2.25. The molecule has 2 heterocycles. The lowest BCUT2D eigenvalue weighted by molar-refractivity contribution is 0.0628. The highest BCUT2D eigenvalue weighted by molar-refractivity contribution is 5.21. The Hall–Kier alpha value is -1.85.